The molecule has 10 aliphatic rings. The molecule has 0 aromatic heterocycles. The summed E-state index contributed by atoms with van der Waals surface area (Å²) in [7, 11) is 2.26. The number of nitrogens with one attached hydrogen (secondary N) is 1. The molecule has 0 aliphatic carbocycles. The van der Waals surface area contributed by atoms with Gasteiger partial charge in [-0.25, -0.2) is 4.79 Å². The van der Waals surface area contributed by atoms with Gasteiger partial charge < -0.3 is 46.8 Å². The fourth-order valence-corrected chi connectivity index (χ4v) is 16.4. The summed E-state index contributed by atoms with van der Waals surface area (Å²) in [6, 6.07) is 0. The normalized spacial score (nSPS) is 26.2. The number of rotatable bonds is 0. The zero-order valence-electron chi connectivity index (χ0n) is 60.7. The van der Waals surface area contributed by atoms with Crippen LogP contribution in [-0.2, 0) is 9.47 Å². The summed E-state index contributed by atoms with van der Waals surface area (Å²) in [4.78, 5) is 31.8. The number of carbonyl (C=O) groups excluding carboxylic acids is 1. The minimum absolute atomic E-state index is 0. The van der Waals surface area contributed by atoms with Gasteiger partial charge in [0.25, 0.3) is 0 Å². The van der Waals surface area contributed by atoms with Gasteiger partial charge in [0.15, 0.2) is 5.96 Å². The van der Waals surface area contributed by atoms with E-state index in [1.54, 1.807) is 0 Å². The first-order chi connectivity index (χ1) is 39.8. The number of halogens is 1. The van der Waals surface area contributed by atoms with Gasteiger partial charge in [-0.3, -0.25) is 29.9 Å². The van der Waals surface area contributed by atoms with Crippen LogP contribution in [0.5, 0.6) is 0 Å². The number of piperidine rings is 8. The Labute approximate surface area is 543 Å². The second-order valence-corrected chi connectivity index (χ2v) is 35.9. The molecule has 0 atom stereocenters. The molecular weight excluding hydrogens is 1100 g/mol. The number of nitrogens with zero attached hydrogens (tertiary/aromatic N) is 9. The lowest BCUT2D eigenvalue weighted by molar-refractivity contribution is -0.936. The summed E-state index contributed by atoms with van der Waals surface area (Å²) in [6.45, 7) is 67.3. The summed E-state index contributed by atoms with van der Waals surface area (Å²) >= 11 is 0. The van der Waals surface area contributed by atoms with Gasteiger partial charge >= 0.3 is 6.09 Å². The van der Waals surface area contributed by atoms with Crippen LogP contribution in [0.4, 0.5) is 4.79 Å². The third kappa shape index (κ3) is 23.2. The number of amides is 1. The Morgan fingerprint density at radius 1 is 0.402 bits per heavy atom. The molecule has 15 heteroatoms. The molecule has 10 rings (SSSR count). The Hall–Kier alpha value is -1.49. The molecule has 0 unspecified atom stereocenters. The summed E-state index contributed by atoms with van der Waals surface area (Å²) in [6.07, 6.45) is 25.2. The maximum absolute atomic E-state index is 12.2. The van der Waals surface area contributed by atoms with E-state index in [1.807, 2.05) is 30.6 Å². The van der Waals surface area contributed by atoms with Crippen molar-refractivity contribution >= 4 is 12.1 Å². The summed E-state index contributed by atoms with van der Waals surface area (Å²) in [5.74, 6) is 0.247. The smallest absolute Gasteiger partial charge is 0.410 e. The molecular formula is C72H142ClN11O3. The fraction of sp³-hybridized carbons (Fsp3) is 0.972. The predicted molar refractivity (Wildman–Crippen MR) is 363 cm³/mol. The molecule has 0 saturated carbocycles. The third-order valence-electron chi connectivity index (χ3n) is 23.6. The highest BCUT2D eigenvalue weighted by Crippen LogP contribution is 2.46. The molecule has 87 heavy (non-hydrogen) atoms. The van der Waals surface area contributed by atoms with Crippen molar-refractivity contribution in [2.75, 3.05) is 151 Å². The van der Waals surface area contributed by atoms with Gasteiger partial charge in [-0.2, -0.15) is 0 Å². The van der Waals surface area contributed by atoms with Crippen LogP contribution in [0.15, 0.2) is 0 Å². The summed E-state index contributed by atoms with van der Waals surface area (Å²) in [5.41, 5.74) is 9.12. The van der Waals surface area contributed by atoms with Gasteiger partial charge in [-0.05, 0) is 334 Å². The van der Waals surface area contributed by atoms with E-state index in [9.17, 15) is 4.79 Å². The molecule has 10 saturated heterocycles. The minimum Gasteiger partial charge on any atom is -1.00 e. The van der Waals surface area contributed by atoms with Gasteiger partial charge in [0, 0.05) is 86.7 Å². The second-order valence-electron chi connectivity index (χ2n) is 35.9. The van der Waals surface area contributed by atoms with Crippen LogP contribution >= 0.6 is 0 Å². The van der Waals surface area contributed by atoms with Crippen molar-refractivity contribution in [3.63, 3.8) is 0 Å². The van der Waals surface area contributed by atoms with Crippen molar-refractivity contribution in [1.29, 1.82) is 5.41 Å². The first-order valence-corrected chi connectivity index (χ1v) is 35.7. The molecule has 0 bridgehead atoms. The van der Waals surface area contributed by atoms with Crippen LogP contribution in [-0.4, -0.2) is 240 Å². The monoisotopic (exact) mass is 1240 g/mol. The van der Waals surface area contributed by atoms with Crippen LogP contribution in [0.1, 0.15) is 247 Å². The van der Waals surface area contributed by atoms with E-state index in [4.69, 9.17) is 20.6 Å². The van der Waals surface area contributed by atoms with E-state index in [0.29, 0.717) is 43.8 Å². The number of nitrogens with two attached hydrogens (primary N) is 1. The molecule has 3 N–H and O–H groups in total. The summed E-state index contributed by atoms with van der Waals surface area (Å²) < 4.78 is 12.4. The van der Waals surface area contributed by atoms with E-state index in [2.05, 4.69) is 140 Å². The van der Waals surface area contributed by atoms with Gasteiger partial charge in [-0.1, -0.05) is 0 Å². The maximum Gasteiger partial charge on any atom is 0.410 e. The van der Waals surface area contributed by atoms with E-state index in [0.717, 1.165) is 52.2 Å². The zero-order chi connectivity index (χ0) is 63.7. The number of ether oxygens (including phenoxy) is 2. The van der Waals surface area contributed by atoms with Crippen LogP contribution in [0, 0.1) is 27.1 Å². The van der Waals surface area contributed by atoms with Crippen molar-refractivity contribution in [2.24, 2.45) is 27.4 Å². The first kappa shape index (κ1) is 76.2. The van der Waals surface area contributed by atoms with Crippen LogP contribution < -0.4 is 18.1 Å². The third-order valence-corrected chi connectivity index (χ3v) is 23.6. The molecule has 510 valence electrons. The Morgan fingerprint density at radius 2 is 0.736 bits per heavy atom. The van der Waals surface area contributed by atoms with E-state index >= 15 is 0 Å². The number of likely N-dealkylation sites (tertiary alicyclic amines) is 7. The van der Waals surface area contributed by atoms with Gasteiger partial charge in [0.05, 0.1) is 26.2 Å². The minimum atomic E-state index is -0.399. The zero-order valence-corrected chi connectivity index (χ0v) is 61.5. The van der Waals surface area contributed by atoms with E-state index < -0.39 is 5.60 Å². The number of hydrogen-bond acceptors (Lipinski definition) is 10. The Morgan fingerprint density at radius 3 is 1.08 bits per heavy atom. The molecule has 10 heterocycles. The average molecular weight is 1250 g/mol. The SMILES string of the molecule is CC(C)(C)N1CCC2(CCN(C(=N)N)CC2)CC1.CC(C)(C)N1CCCC2(CCOCC2)C1.CC(C)(C)N1CC[N+]2(CCCCC2)CC1.CC(C)(C)OC(=O)N1CCC2(CC1)CCN(C(C)(C)C)CC2.CN1CCC2(CC1)CCN(C(C)(C)C)CC2.[Cl-]. The molecule has 1 amide bonds. The van der Waals surface area contributed by atoms with Crippen molar-refractivity contribution in [3.8, 4) is 0 Å². The quantitative estimate of drug-likeness (QED) is 0.137. The lowest BCUT2D eigenvalue weighted by atomic mass is 9.70. The molecule has 0 aromatic carbocycles. The van der Waals surface area contributed by atoms with Crippen molar-refractivity contribution in [2.45, 2.75) is 280 Å². The second kappa shape index (κ2) is 31.2. The highest BCUT2D eigenvalue weighted by molar-refractivity contribution is 5.74. The standard InChI is InChI=1S/C18H34N2O2.C14H28N4.C14H28N2.C13H27N2.C13H25NO.ClH/c1-16(2,3)20-13-9-18(10-14-20)7-11-19(12-8-18)15(21)22-17(4,5)6;1-13(2,3)18-10-6-14(7-11-18)4-8-17(9-5-14)12(15)16;1-13(2,3)16-11-7-14(8-12-16)5-9-15(4)10-6-14;1-13(2,3)14-7-11-15(12-8-14)9-5-4-6-10-15;1-12(2,3)14-8-4-5-13(11-14)6-9-15-10-7-13;/h7-14H2,1-6H3;4-11H2,1-3H3,(H3,15,16);5-12H2,1-4H3;4-12H2,1-3H3;4-11H2,1-3H3;1H/q;;;+1;;/p-1. The van der Waals surface area contributed by atoms with Gasteiger partial charge in [0.2, 0.25) is 0 Å². The topological polar surface area (TPSA) is 111 Å². The van der Waals surface area contributed by atoms with Crippen molar-refractivity contribution < 1.29 is 31.2 Å². The first-order valence-electron chi connectivity index (χ1n) is 35.7. The molecule has 10 aliphatic heterocycles. The maximum atomic E-state index is 12.2. The number of guanidine groups is 1. The van der Waals surface area contributed by atoms with E-state index in [1.165, 1.54) is 218 Å². The predicted octanol–water partition coefficient (Wildman–Crippen LogP) is 10.1. The molecule has 0 radical (unpaired) electrons. The van der Waals surface area contributed by atoms with E-state index in [-0.39, 0.29) is 30.0 Å². The van der Waals surface area contributed by atoms with Crippen LogP contribution in [0.25, 0.3) is 0 Å². The fourth-order valence-electron chi connectivity index (χ4n) is 16.4. The average Bonchev–Trinajstić information content (AvgIpc) is 1.46. The molecule has 5 spiro atoms. The highest BCUT2D eigenvalue weighted by Gasteiger charge is 2.45. The van der Waals surface area contributed by atoms with Crippen LogP contribution in [0.3, 0.4) is 0 Å². The van der Waals surface area contributed by atoms with Gasteiger partial charge in [-0.15, -0.1) is 0 Å². The van der Waals surface area contributed by atoms with Crippen molar-refractivity contribution in [3.05, 3.63) is 0 Å². The Bertz CT molecular complexity index is 2000. The number of hydrogen-bond donors (Lipinski definition) is 2. The van der Waals surface area contributed by atoms with Gasteiger partial charge in [0.1, 0.15) is 5.60 Å². The molecule has 14 nitrogen and oxygen atoms in total. The highest BCUT2D eigenvalue weighted by atomic mass is 35.5. The van der Waals surface area contributed by atoms with Crippen LogP contribution in [0.2, 0.25) is 0 Å². The number of carbonyl (C=O) groups is 1. The number of piperazine rings is 1. The van der Waals surface area contributed by atoms with Crippen molar-refractivity contribution in [1.82, 2.24) is 39.2 Å². The lowest BCUT2D eigenvalue weighted by Crippen LogP contribution is -3.00. The Kier molecular flexibility index (Phi) is 27.3. The Balaban J connectivity index is 0.000000199. The molecule has 10 fully saturated rings. The largest absolute Gasteiger partial charge is 1.00 e. The molecule has 0 aromatic rings. The lowest BCUT2D eigenvalue weighted by Gasteiger charge is -2.50. The summed E-state index contributed by atoms with van der Waals surface area (Å²) in [5, 5.41) is 7.50. The number of quaternary nitrogens is 1.